The third-order valence-corrected chi connectivity index (χ3v) is 14.0. The smallest absolute Gasteiger partial charge is 0.303 e. The second-order valence-corrected chi connectivity index (χ2v) is 18.3. The molecule has 0 bridgehead atoms. The molecule has 2 heterocycles. The maximum Gasteiger partial charge on any atom is 0.303 e. The molecule has 1 aliphatic carbocycles. The highest BCUT2D eigenvalue weighted by Gasteiger charge is 2.54. The van der Waals surface area contributed by atoms with E-state index in [0.717, 1.165) is 105 Å². The third kappa shape index (κ3) is 12.8. The minimum atomic E-state index is -1.31. The van der Waals surface area contributed by atoms with Crippen LogP contribution in [0.3, 0.4) is 0 Å². The molecule has 8 atom stereocenters. The Bertz CT molecular complexity index is 1770. The van der Waals surface area contributed by atoms with Gasteiger partial charge in [0.05, 0.1) is 24.4 Å². The summed E-state index contributed by atoms with van der Waals surface area (Å²) in [6.07, 6.45) is 16.4. The van der Waals surface area contributed by atoms with Gasteiger partial charge in [0.1, 0.15) is 5.75 Å². The fourth-order valence-corrected chi connectivity index (χ4v) is 10.5. The van der Waals surface area contributed by atoms with Gasteiger partial charge in [0.25, 0.3) is 0 Å². The fraction of sp³-hybridized carbons (Fsp3) is 0.627. The Hall–Kier alpha value is -3.49. The summed E-state index contributed by atoms with van der Waals surface area (Å²) in [6, 6.07) is 14.9. The largest absolute Gasteiger partial charge is 0.508 e. The van der Waals surface area contributed by atoms with E-state index in [-0.39, 0.29) is 42.6 Å². The van der Waals surface area contributed by atoms with E-state index in [1.54, 1.807) is 12.1 Å². The molecule has 0 aromatic heterocycles. The van der Waals surface area contributed by atoms with Gasteiger partial charge < -0.3 is 41.3 Å². The van der Waals surface area contributed by atoms with E-state index in [1.807, 2.05) is 49.4 Å². The van der Waals surface area contributed by atoms with Crippen molar-refractivity contribution in [1.29, 1.82) is 0 Å². The Morgan fingerprint density at radius 2 is 1.73 bits per heavy atom. The first kappa shape index (κ1) is 47.6. The minimum Gasteiger partial charge on any atom is -0.508 e. The lowest BCUT2D eigenvalue weighted by atomic mass is 9.63. The number of fused-ring (bicyclic) bond motifs is 1. The average molecular weight is 827 g/mol. The number of carboxylic acid groups (broad SMARTS) is 1. The summed E-state index contributed by atoms with van der Waals surface area (Å²) >= 11 is 0. The molecule has 1 saturated heterocycles. The van der Waals surface area contributed by atoms with Crippen molar-refractivity contribution in [3.63, 3.8) is 0 Å². The highest BCUT2D eigenvalue weighted by Crippen LogP contribution is 2.51. The van der Waals surface area contributed by atoms with Crippen LogP contribution in [0.15, 0.2) is 71.8 Å². The minimum absolute atomic E-state index is 0.0204. The first-order valence-corrected chi connectivity index (χ1v) is 23.1. The van der Waals surface area contributed by atoms with Crippen LogP contribution < -0.4 is 10.6 Å². The number of aryl methyl sites for hydroxylation is 1. The summed E-state index contributed by atoms with van der Waals surface area (Å²) in [6.45, 7) is 5.85. The molecular weight excluding hydrogens is 753 g/mol. The van der Waals surface area contributed by atoms with Gasteiger partial charge in [-0.15, -0.1) is 0 Å². The van der Waals surface area contributed by atoms with Crippen molar-refractivity contribution in [3.05, 3.63) is 88.5 Å². The molecule has 2 fully saturated rings. The fourth-order valence-electron chi connectivity index (χ4n) is 10.5. The summed E-state index contributed by atoms with van der Waals surface area (Å²) in [5, 5.41) is 74.0. The van der Waals surface area contributed by atoms with Crippen molar-refractivity contribution < 1.29 is 35.4 Å². The molecule has 9 heteroatoms. The van der Waals surface area contributed by atoms with E-state index < -0.39 is 41.8 Å². The van der Waals surface area contributed by atoms with Crippen LogP contribution in [-0.2, 0) is 16.6 Å². The van der Waals surface area contributed by atoms with Crippen molar-refractivity contribution in [2.45, 2.75) is 190 Å². The molecule has 0 amide bonds. The number of allylic oxidation sites excluding steroid dienone is 2. The molecule has 5 rings (SSSR count). The zero-order valence-electron chi connectivity index (χ0n) is 36.5. The van der Waals surface area contributed by atoms with Crippen LogP contribution in [0.2, 0.25) is 0 Å². The lowest BCUT2D eigenvalue weighted by Gasteiger charge is -2.49. The molecule has 1 saturated carbocycles. The molecule has 9 nitrogen and oxygen atoms in total. The van der Waals surface area contributed by atoms with Gasteiger partial charge >= 0.3 is 5.97 Å². The summed E-state index contributed by atoms with van der Waals surface area (Å²) in [5.74, 6) is 6.39. The van der Waals surface area contributed by atoms with Crippen LogP contribution in [-0.4, -0.2) is 85.2 Å². The van der Waals surface area contributed by atoms with Gasteiger partial charge in [-0.25, -0.2) is 0 Å². The van der Waals surface area contributed by atoms with Crippen LogP contribution in [0.4, 0.5) is 0 Å². The van der Waals surface area contributed by atoms with Crippen LogP contribution in [0.1, 0.15) is 153 Å². The number of nitrogens with one attached hydrogen (secondary N) is 2. The number of hydrogen-bond donors (Lipinski definition) is 8. The monoisotopic (exact) mass is 827 g/mol. The highest BCUT2D eigenvalue weighted by atomic mass is 16.4. The Balaban J connectivity index is 1.64. The predicted molar refractivity (Wildman–Crippen MR) is 240 cm³/mol. The van der Waals surface area contributed by atoms with E-state index in [1.165, 1.54) is 0 Å². The molecule has 2 aliphatic heterocycles. The molecule has 2 aromatic rings. The number of aliphatic carboxylic acids is 1. The molecule has 0 spiro atoms. The lowest BCUT2D eigenvalue weighted by molar-refractivity contribution is -0.138. The molecule has 2 aromatic carbocycles. The number of unbranched alkanes of at least 4 members (excludes halogenated alkanes) is 2. The highest BCUT2D eigenvalue weighted by molar-refractivity contribution is 5.67. The van der Waals surface area contributed by atoms with E-state index in [9.17, 15) is 35.4 Å². The molecule has 60 heavy (non-hydrogen) atoms. The molecule has 3 aliphatic rings. The van der Waals surface area contributed by atoms with Crippen LogP contribution in [0.5, 0.6) is 5.75 Å². The van der Waals surface area contributed by atoms with Crippen molar-refractivity contribution in [1.82, 2.24) is 10.6 Å². The van der Waals surface area contributed by atoms with Crippen molar-refractivity contribution >= 4 is 5.97 Å². The first-order chi connectivity index (χ1) is 28.9. The maximum atomic E-state index is 13.3. The van der Waals surface area contributed by atoms with Crippen molar-refractivity contribution in [3.8, 4) is 17.6 Å². The first-order valence-electron chi connectivity index (χ1n) is 23.1. The topological polar surface area (TPSA) is 163 Å². The van der Waals surface area contributed by atoms with E-state index in [0.29, 0.717) is 32.1 Å². The number of carbonyl (C=O) groups is 1. The van der Waals surface area contributed by atoms with E-state index in [4.69, 9.17) is 0 Å². The third-order valence-electron chi connectivity index (χ3n) is 14.0. The zero-order valence-corrected chi connectivity index (χ0v) is 36.5. The number of aliphatic hydroxyl groups excluding tert-OH is 3. The second-order valence-electron chi connectivity index (χ2n) is 18.3. The summed E-state index contributed by atoms with van der Waals surface area (Å²) in [7, 11) is 0. The summed E-state index contributed by atoms with van der Waals surface area (Å²) < 4.78 is 0. The standard InChI is InChI=1S/C51H74N2O7/c1-4-5-6-19-42(55)28-25-39-24-23-38-16-8-7-15-37(38)17-12-22-48(50(3,60)51(31-9-10-32-51)41-26-29-43(56)30-27-41)53-47(45(39)34-44(57)35-54)21-13-20-46-40(33-49(58)59)18-11-14-36(2)52-46/h7-8,15-16,25-30,36,40,42,44,46-48,52-57,60H,4-6,9-11,13-14,18-24,31-35H2,1-3H3,(H,58,59). The molecular formula is C51H74N2O7. The van der Waals surface area contributed by atoms with Crippen molar-refractivity contribution in [2.75, 3.05) is 6.61 Å². The Morgan fingerprint density at radius 3 is 2.45 bits per heavy atom. The van der Waals surface area contributed by atoms with Crippen LogP contribution in [0.25, 0.3) is 0 Å². The quantitative estimate of drug-likeness (QED) is 0.0550. The number of phenolic OH excluding ortho intramolecular Hbond substituents is 1. The van der Waals surface area contributed by atoms with Gasteiger partial charge in [0, 0.05) is 48.0 Å². The summed E-state index contributed by atoms with van der Waals surface area (Å²) in [4.78, 5) is 12.0. The van der Waals surface area contributed by atoms with Gasteiger partial charge in [0.2, 0.25) is 0 Å². The van der Waals surface area contributed by atoms with Gasteiger partial charge in [-0.05, 0) is 124 Å². The van der Waals surface area contributed by atoms with Crippen LogP contribution in [0, 0.1) is 17.8 Å². The second kappa shape index (κ2) is 23.1. The number of aromatic hydroxyl groups is 1. The van der Waals surface area contributed by atoms with Gasteiger partial charge in [-0.3, -0.25) is 4.79 Å². The van der Waals surface area contributed by atoms with E-state index in [2.05, 4.69) is 42.4 Å². The van der Waals surface area contributed by atoms with Gasteiger partial charge in [-0.2, -0.15) is 0 Å². The van der Waals surface area contributed by atoms with Crippen LogP contribution >= 0.6 is 0 Å². The predicted octanol–water partition coefficient (Wildman–Crippen LogP) is 8.00. The Morgan fingerprint density at radius 1 is 0.983 bits per heavy atom. The van der Waals surface area contributed by atoms with Gasteiger partial charge in [0.15, 0.2) is 0 Å². The molecule has 8 N–H and O–H groups in total. The number of carboxylic acids is 1. The van der Waals surface area contributed by atoms with E-state index >= 15 is 0 Å². The number of benzene rings is 2. The molecule has 330 valence electrons. The maximum absolute atomic E-state index is 13.3. The van der Waals surface area contributed by atoms with Crippen molar-refractivity contribution in [2.24, 2.45) is 5.92 Å². The number of rotatable bonds is 18. The molecule has 0 radical (unpaired) electrons. The normalized spacial score (nSPS) is 25.8. The Labute approximate surface area is 359 Å². The lowest BCUT2D eigenvalue weighted by Crippen LogP contribution is -2.62. The number of aliphatic hydroxyl groups is 4. The van der Waals surface area contributed by atoms with Gasteiger partial charge in [-0.1, -0.05) is 106 Å². The SMILES string of the molecule is CCCCCC(O)C=CC1=C(CC(O)CO)C(CCCC2NC(C)CCCC2CC(=O)O)NC(C(C)(O)C2(c3ccc(O)cc3)CCCC2)CC#Cc2ccccc2CC1. The number of phenols is 1. The molecule has 8 unspecified atom stereocenters. The number of hydrogen-bond acceptors (Lipinski definition) is 8. The Kier molecular flexibility index (Phi) is 18.3. The summed E-state index contributed by atoms with van der Waals surface area (Å²) in [5.41, 5.74) is 3.01. The average Bonchev–Trinajstić information content (AvgIpc) is 3.67. The zero-order chi connectivity index (χ0) is 43.1.